The molecule has 0 aliphatic carbocycles. The van der Waals surface area contributed by atoms with Crippen LogP contribution in [0.1, 0.15) is 41.5 Å². The first-order valence-electron chi connectivity index (χ1n) is 12.1. The van der Waals surface area contributed by atoms with Crippen LogP contribution >= 0.6 is 0 Å². The number of fused-ring (bicyclic) bond motifs is 1. The zero-order valence-corrected chi connectivity index (χ0v) is 20.7. The van der Waals surface area contributed by atoms with Gasteiger partial charge in [0.2, 0.25) is 0 Å². The average molecular weight is 498 g/mol. The molecule has 3 aromatic heterocycles. The second kappa shape index (κ2) is 10.6. The number of ether oxygens (including phenoxy) is 2. The van der Waals surface area contributed by atoms with Crippen LogP contribution in [0.4, 0.5) is 0 Å². The lowest BCUT2D eigenvalue weighted by molar-refractivity contribution is 0.0932. The quantitative estimate of drug-likeness (QED) is 0.428. The van der Waals surface area contributed by atoms with Crippen LogP contribution in [-0.2, 0) is 6.54 Å². The first-order valence-corrected chi connectivity index (χ1v) is 12.1. The van der Waals surface area contributed by atoms with E-state index in [4.69, 9.17) is 14.5 Å². The number of hydrogen-bond donors (Lipinski definition) is 1. The van der Waals surface area contributed by atoms with Crippen molar-refractivity contribution in [2.75, 3.05) is 14.2 Å². The summed E-state index contributed by atoms with van der Waals surface area (Å²) >= 11 is 0. The number of pyridine rings is 2. The van der Waals surface area contributed by atoms with Crippen molar-refractivity contribution in [2.24, 2.45) is 0 Å². The lowest BCUT2D eigenvalue weighted by Crippen LogP contribution is -2.34. The predicted molar refractivity (Wildman–Crippen MR) is 139 cm³/mol. The van der Waals surface area contributed by atoms with Crippen molar-refractivity contribution in [3.8, 4) is 33.9 Å². The van der Waals surface area contributed by atoms with Crippen LogP contribution in [0.25, 0.3) is 22.4 Å². The second-order valence-electron chi connectivity index (χ2n) is 8.78. The Balaban J connectivity index is 1.45. The van der Waals surface area contributed by atoms with Gasteiger partial charge in [0.1, 0.15) is 5.82 Å². The van der Waals surface area contributed by atoms with Crippen LogP contribution in [0.15, 0.2) is 72.0 Å². The highest BCUT2D eigenvalue weighted by Crippen LogP contribution is 2.32. The first kappa shape index (κ1) is 24.2. The normalized spacial score (nSPS) is 14.8. The van der Waals surface area contributed by atoms with Crippen molar-refractivity contribution in [1.29, 1.82) is 0 Å². The van der Waals surface area contributed by atoms with Gasteiger partial charge in [-0.15, -0.1) is 0 Å². The standard InChI is InChI=1S/C28H27N5O4/c1-36-24-7-6-19(14-25(24)37-2)20-13-21(17-30-16-20)28(35)32-22-5-3-4-12-33-26(34)15-23(31-27(22)33)18-8-10-29-11-9-18/h6-11,13-17,22H,3-5,12H2,1-2H3,(H,32,35). The number of carbonyl (C=O) groups excluding carboxylic acids is 1. The number of rotatable bonds is 6. The third-order valence-electron chi connectivity index (χ3n) is 6.47. The molecule has 1 aromatic carbocycles. The van der Waals surface area contributed by atoms with Gasteiger partial charge in [0.15, 0.2) is 11.5 Å². The Hall–Kier alpha value is -4.53. The molecule has 9 heteroatoms. The molecule has 4 aromatic rings. The van der Waals surface area contributed by atoms with Crippen molar-refractivity contribution in [3.05, 3.63) is 89.0 Å². The molecular weight excluding hydrogens is 470 g/mol. The summed E-state index contributed by atoms with van der Waals surface area (Å²) in [7, 11) is 3.16. The molecule has 5 rings (SSSR count). The minimum absolute atomic E-state index is 0.130. The van der Waals surface area contributed by atoms with Gasteiger partial charge in [-0.3, -0.25) is 24.1 Å². The highest BCUT2D eigenvalue weighted by atomic mass is 16.5. The fourth-order valence-corrected chi connectivity index (χ4v) is 4.55. The minimum Gasteiger partial charge on any atom is -0.493 e. The first-order chi connectivity index (χ1) is 18.1. The number of nitrogens with zero attached hydrogens (tertiary/aromatic N) is 4. The van der Waals surface area contributed by atoms with E-state index in [2.05, 4.69) is 15.3 Å². The molecule has 1 amide bonds. The minimum atomic E-state index is -0.408. The molecule has 1 aliphatic heterocycles. The summed E-state index contributed by atoms with van der Waals surface area (Å²) in [5, 5.41) is 3.10. The van der Waals surface area contributed by atoms with Gasteiger partial charge in [-0.1, -0.05) is 6.07 Å². The maximum atomic E-state index is 13.4. The zero-order chi connectivity index (χ0) is 25.8. The summed E-state index contributed by atoms with van der Waals surface area (Å²) in [5.74, 6) is 1.49. The predicted octanol–water partition coefficient (Wildman–Crippen LogP) is 4.04. The molecular formula is C28H27N5O4. The zero-order valence-electron chi connectivity index (χ0n) is 20.7. The average Bonchev–Trinajstić information content (AvgIpc) is 3.15. The number of benzene rings is 1. The summed E-state index contributed by atoms with van der Waals surface area (Å²) in [4.78, 5) is 39.5. The van der Waals surface area contributed by atoms with E-state index in [0.29, 0.717) is 41.5 Å². The summed E-state index contributed by atoms with van der Waals surface area (Å²) in [5.41, 5.74) is 3.26. The van der Waals surface area contributed by atoms with Crippen LogP contribution in [0.2, 0.25) is 0 Å². The number of methoxy groups -OCH3 is 2. The fourth-order valence-electron chi connectivity index (χ4n) is 4.55. The van der Waals surface area contributed by atoms with Gasteiger partial charge in [0.05, 0.1) is 31.5 Å². The van der Waals surface area contributed by atoms with Gasteiger partial charge < -0.3 is 14.8 Å². The number of carbonyl (C=O) groups is 1. The van der Waals surface area contributed by atoms with Gasteiger partial charge in [-0.05, 0) is 55.2 Å². The number of nitrogens with one attached hydrogen (secondary N) is 1. The van der Waals surface area contributed by atoms with Crippen molar-refractivity contribution in [3.63, 3.8) is 0 Å². The molecule has 0 saturated carbocycles. The van der Waals surface area contributed by atoms with Crippen LogP contribution < -0.4 is 20.3 Å². The third kappa shape index (κ3) is 5.06. The van der Waals surface area contributed by atoms with Gasteiger partial charge in [0.25, 0.3) is 11.5 Å². The Morgan fingerprint density at radius 2 is 1.73 bits per heavy atom. The van der Waals surface area contributed by atoms with E-state index in [-0.39, 0.29) is 11.5 Å². The van der Waals surface area contributed by atoms with E-state index < -0.39 is 6.04 Å². The summed E-state index contributed by atoms with van der Waals surface area (Å²) < 4.78 is 12.4. The molecule has 1 aliphatic rings. The maximum absolute atomic E-state index is 13.4. The summed E-state index contributed by atoms with van der Waals surface area (Å²) in [6, 6.07) is 12.1. The molecule has 0 spiro atoms. The van der Waals surface area contributed by atoms with Crippen molar-refractivity contribution >= 4 is 5.91 Å². The van der Waals surface area contributed by atoms with Crippen LogP contribution in [0.5, 0.6) is 11.5 Å². The van der Waals surface area contributed by atoms with Gasteiger partial charge in [0, 0.05) is 48.5 Å². The van der Waals surface area contributed by atoms with Crippen molar-refractivity contribution in [1.82, 2.24) is 24.8 Å². The molecule has 0 saturated heterocycles. The van der Waals surface area contributed by atoms with E-state index in [1.165, 1.54) is 6.20 Å². The molecule has 1 unspecified atom stereocenters. The van der Waals surface area contributed by atoms with Crippen LogP contribution in [-0.4, -0.2) is 39.6 Å². The molecule has 37 heavy (non-hydrogen) atoms. The molecule has 0 bridgehead atoms. The van der Waals surface area contributed by atoms with Gasteiger partial charge >= 0.3 is 0 Å². The summed E-state index contributed by atoms with van der Waals surface area (Å²) in [6.07, 6.45) is 8.94. The Labute approximate surface area is 214 Å². The molecule has 1 N–H and O–H groups in total. The second-order valence-corrected chi connectivity index (χ2v) is 8.78. The van der Waals surface area contributed by atoms with E-state index >= 15 is 0 Å². The third-order valence-corrected chi connectivity index (χ3v) is 6.47. The summed E-state index contributed by atoms with van der Waals surface area (Å²) in [6.45, 7) is 0.570. The smallest absolute Gasteiger partial charge is 0.254 e. The Morgan fingerprint density at radius 1 is 0.919 bits per heavy atom. The highest BCUT2D eigenvalue weighted by Gasteiger charge is 2.25. The SMILES string of the molecule is COc1ccc(-c2cncc(C(=O)NC3CCCCn4c3nc(-c3ccncc3)cc4=O)c2)cc1OC. The largest absolute Gasteiger partial charge is 0.493 e. The van der Waals surface area contributed by atoms with Crippen LogP contribution in [0, 0.1) is 0 Å². The molecule has 9 nitrogen and oxygen atoms in total. The number of hydrogen-bond acceptors (Lipinski definition) is 7. The lowest BCUT2D eigenvalue weighted by atomic mass is 10.0. The number of aromatic nitrogens is 4. The van der Waals surface area contributed by atoms with Crippen molar-refractivity contribution in [2.45, 2.75) is 31.8 Å². The lowest BCUT2D eigenvalue weighted by Gasteiger charge is -2.20. The fraction of sp³-hybridized carbons (Fsp3) is 0.250. The van der Waals surface area contributed by atoms with E-state index in [0.717, 1.165) is 29.5 Å². The molecule has 1 atom stereocenters. The van der Waals surface area contributed by atoms with Gasteiger partial charge in [-0.2, -0.15) is 0 Å². The molecule has 0 fully saturated rings. The monoisotopic (exact) mass is 497 g/mol. The molecule has 4 heterocycles. The van der Waals surface area contributed by atoms with Gasteiger partial charge in [-0.25, -0.2) is 4.98 Å². The van der Waals surface area contributed by atoms with Crippen LogP contribution in [0.3, 0.4) is 0 Å². The molecule has 188 valence electrons. The Bertz CT molecular complexity index is 1490. The van der Waals surface area contributed by atoms with E-state index in [9.17, 15) is 9.59 Å². The van der Waals surface area contributed by atoms with E-state index in [1.807, 2.05) is 30.3 Å². The van der Waals surface area contributed by atoms with E-state index in [1.54, 1.807) is 49.5 Å². The Kier molecular flexibility index (Phi) is 6.93. The maximum Gasteiger partial charge on any atom is 0.254 e. The van der Waals surface area contributed by atoms with Crippen molar-refractivity contribution < 1.29 is 14.3 Å². The highest BCUT2D eigenvalue weighted by molar-refractivity contribution is 5.95. The molecule has 0 radical (unpaired) electrons. The topological polar surface area (TPSA) is 108 Å². The Morgan fingerprint density at radius 3 is 2.51 bits per heavy atom. The number of amides is 1.